The Balaban J connectivity index is 1.41. The van der Waals surface area contributed by atoms with Gasteiger partial charge in [0.25, 0.3) is 0 Å². The number of aliphatic hydroxyl groups is 2. The van der Waals surface area contributed by atoms with Crippen LogP contribution in [0.4, 0.5) is 0 Å². The molecule has 2 aromatic carbocycles. The summed E-state index contributed by atoms with van der Waals surface area (Å²) in [6, 6.07) is 13.2. The van der Waals surface area contributed by atoms with Gasteiger partial charge in [0.05, 0.1) is 18.7 Å². The normalized spacial score (nSPS) is 20.2. The number of hydrogen-bond acceptors (Lipinski definition) is 6. The molecule has 186 valence electrons. The van der Waals surface area contributed by atoms with Crippen LogP contribution in [-0.2, 0) is 4.79 Å². The van der Waals surface area contributed by atoms with Crippen molar-refractivity contribution >= 4 is 35.2 Å². The van der Waals surface area contributed by atoms with Crippen LogP contribution in [0, 0.1) is 0 Å². The highest BCUT2D eigenvalue weighted by atomic mass is 35.5. The number of carbonyl (C=O) groups is 1. The molecule has 6 nitrogen and oxygen atoms in total. The molecule has 0 amide bonds. The first-order chi connectivity index (χ1) is 17.0. The maximum absolute atomic E-state index is 13.0. The molecular weight excluding hydrogens is 485 g/mol. The Hall–Kier alpha value is -2.22. The summed E-state index contributed by atoms with van der Waals surface area (Å²) in [5.74, 6) is -0.203. The van der Waals surface area contributed by atoms with E-state index in [0.29, 0.717) is 28.6 Å². The van der Waals surface area contributed by atoms with Crippen molar-refractivity contribution in [2.75, 3.05) is 52.4 Å². The molecular formula is C27H31Cl2N3O3. The van der Waals surface area contributed by atoms with Crippen LogP contribution in [0.5, 0.6) is 0 Å². The third-order valence-corrected chi connectivity index (χ3v) is 7.39. The molecule has 1 atom stereocenters. The maximum atomic E-state index is 13.0. The van der Waals surface area contributed by atoms with Crippen LogP contribution in [0.2, 0.25) is 10.0 Å². The molecule has 1 aliphatic carbocycles. The molecule has 1 unspecified atom stereocenters. The van der Waals surface area contributed by atoms with E-state index in [1.165, 1.54) is 6.21 Å². The van der Waals surface area contributed by atoms with Gasteiger partial charge in [-0.2, -0.15) is 0 Å². The molecule has 1 fully saturated rings. The molecule has 1 aliphatic heterocycles. The zero-order valence-corrected chi connectivity index (χ0v) is 21.2. The van der Waals surface area contributed by atoms with Crippen molar-refractivity contribution in [1.82, 2.24) is 9.80 Å². The lowest BCUT2D eigenvalue weighted by Gasteiger charge is -2.33. The Kier molecular flexibility index (Phi) is 8.98. The van der Waals surface area contributed by atoms with Gasteiger partial charge < -0.3 is 10.2 Å². The summed E-state index contributed by atoms with van der Waals surface area (Å²) in [7, 11) is 0. The second-order valence-electron chi connectivity index (χ2n) is 9.01. The first-order valence-electron chi connectivity index (χ1n) is 12.0. The smallest absolute Gasteiger partial charge is 0.168 e. The summed E-state index contributed by atoms with van der Waals surface area (Å²) in [5.41, 5.74) is 2.87. The predicted octanol–water partition coefficient (Wildman–Crippen LogP) is 4.60. The van der Waals surface area contributed by atoms with E-state index in [2.05, 4.69) is 14.8 Å². The molecule has 35 heavy (non-hydrogen) atoms. The highest BCUT2D eigenvalue weighted by Gasteiger charge is 2.30. The molecule has 8 heteroatoms. The number of nitrogens with zero attached hydrogens (tertiary/aromatic N) is 3. The van der Waals surface area contributed by atoms with Gasteiger partial charge in [-0.15, -0.1) is 0 Å². The summed E-state index contributed by atoms with van der Waals surface area (Å²) in [4.78, 5) is 22.0. The van der Waals surface area contributed by atoms with E-state index in [4.69, 9.17) is 28.3 Å². The van der Waals surface area contributed by atoms with Gasteiger partial charge in [0.15, 0.2) is 5.78 Å². The lowest BCUT2D eigenvalue weighted by molar-refractivity contribution is -0.116. The fraction of sp³-hybridized carbons (Fsp3) is 0.407. The third-order valence-electron chi connectivity index (χ3n) is 6.76. The van der Waals surface area contributed by atoms with Crippen molar-refractivity contribution in [2.45, 2.75) is 18.8 Å². The molecule has 2 aromatic rings. The molecule has 0 saturated carbocycles. The average Bonchev–Trinajstić information content (AvgIpc) is 2.84. The lowest BCUT2D eigenvalue weighted by atomic mass is 9.80. The van der Waals surface area contributed by atoms with E-state index in [9.17, 15) is 9.90 Å². The number of Topliss-reactive ketones (excluding diaryl/α,β-unsaturated/α-hetero) is 1. The van der Waals surface area contributed by atoms with Crippen LogP contribution < -0.4 is 0 Å². The van der Waals surface area contributed by atoms with Crippen LogP contribution in [0.1, 0.15) is 24.3 Å². The van der Waals surface area contributed by atoms with Crippen molar-refractivity contribution in [1.29, 1.82) is 0 Å². The van der Waals surface area contributed by atoms with Crippen molar-refractivity contribution in [3.05, 3.63) is 69.4 Å². The molecule has 0 radical (unpaired) electrons. The van der Waals surface area contributed by atoms with Gasteiger partial charge in [-0.05, 0) is 29.2 Å². The molecule has 2 aliphatic rings. The van der Waals surface area contributed by atoms with Gasteiger partial charge in [0.2, 0.25) is 0 Å². The topological polar surface area (TPSA) is 76.4 Å². The minimum atomic E-state index is -0.168. The van der Waals surface area contributed by atoms with Crippen molar-refractivity contribution in [3.63, 3.8) is 0 Å². The second-order valence-corrected chi connectivity index (χ2v) is 9.83. The first-order valence-corrected chi connectivity index (χ1v) is 12.8. The van der Waals surface area contributed by atoms with E-state index in [-0.39, 0.29) is 30.5 Å². The van der Waals surface area contributed by atoms with E-state index < -0.39 is 0 Å². The Bertz CT molecular complexity index is 1090. The number of rotatable bonds is 8. The quantitative estimate of drug-likeness (QED) is 0.502. The van der Waals surface area contributed by atoms with Gasteiger partial charge >= 0.3 is 0 Å². The fourth-order valence-corrected chi connectivity index (χ4v) is 5.45. The number of allylic oxidation sites excluding steroid dienone is 2. The van der Waals surface area contributed by atoms with E-state index in [1.54, 1.807) is 18.2 Å². The van der Waals surface area contributed by atoms with E-state index >= 15 is 0 Å². The number of β-amino-alcohol motifs (C(OH)–C–C–N with tert-alkyl or cyclic N) is 1. The minimum Gasteiger partial charge on any atom is -0.511 e. The maximum Gasteiger partial charge on any atom is 0.168 e. The van der Waals surface area contributed by atoms with Crippen LogP contribution >= 0.6 is 23.2 Å². The Morgan fingerprint density at radius 2 is 1.60 bits per heavy atom. The number of halogens is 2. The van der Waals surface area contributed by atoms with Crippen LogP contribution in [0.15, 0.2) is 58.8 Å². The Labute approximate surface area is 216 Å². The number of aliphatic imine (C=N–C) groups is 1. The Morgan fingerprint density at radius 3 is 2.26 bits per heavy atom. The molecule has 2 N–H and O–H groups in total. The minimum absolute atomic E-state index is 0.0766. The highest BCUT2D eigenvalue weighted by molar-refractivity contribution is 6.39. The van der Waals surface area contributed by atoms with Gasteiger partial charge in [0, 0.05) is 73.9 Å². The van der Waals surface area contributed by atoms with Gasteiger partial charge in [-0.25, -0.2) is 0 Å². The number of aliphatic hydroxyl groups excluding tert-OH is 2. The van der Waals surface area contributed by atoms with Crippen LogP contribution in [0.25, 0.3) is 11.1 Å². The Morgan fingerprint density at radius 1 is 0.943 bits per heavy atom. The zero-order valence-electron chi connectivity index (χ0n) is 19.7. The van der Waals surface area contributed by atoms with Gasteiger partial charge in [-0.1, -0.05) is 53.5 Å². The van der Waals surface area contributed by atoms with Gasteiger partial charge in [-0.3, -0.25) is 19.6 Å². The molecule has 0 spiro atoms. The predicted molar refractivity (Wildman–Crippen MR) is 142 cm³/mol. The largest absolute Gasteiger partial charge is 0.511 e. The third kappa shape index (κ3) is 6.32. The standard InChI is InChI=1S/C27H31Cl2N3O3/c28-23-6-3-7-24(29)27(23)21-5-2-1-4-20(21)19-16-25(34)22(26(35)17-19)18-30-8-9-31-10-12-32(13-11-31)14-15-33/h1-7,18-19,33-34H,8-17H2. The number of benzene rings is 2. The van der Waals surface area contributed by atoms with Crippen LogP contribution in [-0.4, -0.2) is 84.4 Å². The fourth-order valence-electron chi connectivity index (χ4n) is 4.85. The van der Waals surface area contributed by atoms with Crippen LogP contribution in [0.3, 0.4) is 0 Å². The number of hydrogen-bond donors (Lipinski definition) is 2. The SMILES string of the molecule is O=C1CC(c2ccccc2-c2c(Cl)cccc2Cl)CC(O)=C1C=NCCN1CCN(CCO)CC1. The van der Waals surface area contributed by atoms with Crippen molar-refractivity contribution < 1.29 is 15.0 Å². The molecule has 0 bridgehead atoms. The molecule has 4 rings (SSSR count). The molecule has 1 heterocycles. The van der Waals surface area contributed by atoms with Crippen molar-refractivity contribution in [3.8, 4) is 11.1 Å². The summed E-state index contributed by atoms with van der Waals surface area (Å²) in [5, 5.41) is 20.9. The highest BCUT2D eigenvalue weighted by Crippen LogP contribution is 2.42. The molecule has 0 aromatic heterocycles. The summed E-state index contributed by atoms with van der Waals surface area (Å²) < 4.78 is 0. The number of piperazine rings is 1. The summed E-state index contributed by atoms with van der Waals surface area (Å²) in [6.07, 6.45) is 2.18. The van der Waals surface area contributed by atoms with E-state index in [1.807, 2.05) is 24.3 Å². The zero-order chi connectivity index (χ0) is 24.8. The molecule has 1 saturated heterocycles. The first kappa shape index (κ1) is 25.9. The van der Waals surface area contributed by atoms with Crippen molar-refractivity contribution in [2.24, 2.45) is 4.99 Å². The second kappa shape index (κ2) is 12.2. The van der Waals surface area contributed by atoms with Gasteiger partial charge in [0.1, 0.15) is 5.76 Å². The monoisotopic (exact) mass is 515 g/mol. The summed E-state index contributed by atoms with van der Waals surface area (Å²) >= 11 is 12.9. The average molecular weight is 516 g/mol. The number of carbonyl (C=O) groups excluding carboxylic acids is 1. The lowest BCUT2D eigenvalue weighted by Crippen LogP contribution is -2.47. The summed E-state index contributed by atoms with van der Waals surface area (Å²) in [6.45, 7) is 6.06. The van der Waals surface area contributed by atoms with E-state index in [0.717, 1.165) is 56.0 Å². The number of ketones is 1.